The molecule has 0 aromatic carbocycles. The molecule has 0 atom stereocenters. The molecule has 0 saturated carbocycles. The van der Waals surface area contributed by atoms with Crippen molar-refractivity contribution in [3.63, 3.8) is 0 Å². The molecule has 1 N–H and O–H groups in total. The van der Waals surface area contributed by atoms with E-state index in [9.17, 15) is 9.59 Å². The molecule has 0 spiro atoms. The van der Waals surface area contributed by atoms with Crippen LogP contribution in [0.15, 0.2) is 35.3 Å². The summed E-state index contributed by atoms with van der Waals surface area (Å²) in [5.41, 5.74) is 0.524. The van der Waals surface area contributed by atoms with Gasteiger partial charge in [-0.2, -0.15) is 0 Å². The third kappa shape index (κ3) is 3.18. The first-order chi connectivity index (χ1) is 9.51. The lowest BCUT2D eigenvalue weighted by Gasteiger charge is -2.08. The molecule has 5 nitrogen and oxygen atoms in total. The molecule has 2 rings (SSSR count). The molecule has 1 amide bonds. The van der Waals surface area contributed by atoms with Crippen LogP contribution in [0.1, 0.15) is 17.4 Å². The van der Waals surface area contributed by atoms with Gasteiger partial charge in [-0.3, -0.25) is 9.59 Å². The van der Waals surface area contributed by atoms with E-state index in [-0.39, 0.29) is 21.4 Å². The Hall–Kier alpha value is -1.85. The molecule has 20 heavy (non-hydrogen) atoms. The van der Waals surface area contributed by atoms with Crippen LogP contribution in [0, 0.1) is 0 Å². The molecule has 7 heteroatoms. The lowest BCUT2D eigenvalue weighted by Crippen LogP contribution is -2.20. The van der Waals surface area contributed by atoms with Crippen LogP contribution in [-0.4, -0.2) is 15.5 Å². The van der Waals surface area contributed by atoms with Crippen LogP contribution in [0.5, 0.6) is 0 Å². The second-order valence-corrected chi connectivity index (χ2v) is 4.73. The monoisotopic (exact) mass is 311 g/mol. The average molecular weight is 312 g/mol. The standard InChI is InChI=1S/C13H11Cl2N3O2/c1-2-18-7-8(3-6-11(18)19)16-13(20)10-5-4-9(14)12(15)17-10/h3-7H,2H2,1H3,(H,16,20). The average Bonchev–Trinajstić information content (AvgIpc) is 2.43. The van der Waals surface area contributed by atoms with Gasteiger partial charge in [-0.05, 0) is 25.1 Å². The van der Waals surface area contributed by atoms with Gasteiger partial charge < -0.3 is 9.88 Å². The van der Waals surface area contributed by atoms with Crippen molar-refractivity contribution in [3.8, 4) is 0 Å². The molecule has 104 valence electrons. The Balaban J connectivity index is 2.23. The Morgan fingerprint density at radius 1 is 1.30 bits per heavy atom. The number of aromatic nitrogens is 2. The van der Waals surface area contributed by atoms with Crippen molar-refractivity contribution in [1.82, 2.24) is 9.55 Å². The first-order valence-electron chi connectivity index (χ1n) is 5.85. The molecule has 0 aliphatic heterocycles. The maximum atomic E-state index is 12.0. The summed E-state index contributed by atoms with van der Waals surface area (Å²) in [6.07, 6.45) is 1.57. The maximum Gasteiger partial charge on any atom is 0.274 e. The van der Waals surface area contributed by atoms with Crippen LogP contribution in [0.25, 0.3) is 0 Å². The molecule has 0 unspecified atom stereocenters. The van der Waals surface area contributed by atoms with Gasteiger partial charge in [-0.15, -0.1) is 0 Å². The Labute approximate surface area is 125 Å². The molecule has 2 heterocycles. The second-order valence-electron chi connectivity index (χ2n) is 3.97. The van der Waals surface area contributed by atoms with Gasteiger partial charge in [0.1, 0.15) is 10.8 Å². The summed E-state index contributed by atoms with van der Waals surface area (Å²) >= 11 is 11.5. The number of anilines is 1. The number of carbonyl (C=O) groups excluding carboxylic acids is 1. The van der Waals surface area contributed by atoms with Gasteiger partial charge >= 0.3 is 0 Å². The fraction of sp³-hybridized carbons (Fsp3) is 0.154. The molecule has 0 bridgehead atoms. The third-order valence-corrected chi connectivity index (χ3v) is 3.31. The van der Waals surface area contributed by atoms with Gasteiger partial charge in [0, 0.05) is 18.8 Å². The van der Waals surface area contributed by atoms with E-state index in [1.807, 2.05) is 6.92 Å². The summed E-state index contributed by atoms with van der Waals surface area (Å²) in [4.78, 5) is 27.3. The van der Waals surface area contributed by atoms with Gasteiger partial charge in [0.15, 0.2) is 0 Å². The van der Waals surface area contributed by atoms with Crippen molar-refractivity contribution in [2.45, 2.75) is 13.5 Å². The predicted molar refractivity (Wildman–Crippen MR) is 78.6 cm³/mol. The quantitative estimate of drug-likeness (QED) is 0.886. The zero-order valence-electron chi connectivity index (χ0n) is 10.6. The van der Waals surface area contributed by atoms with Crippen LogP contribution >= 0.6 is 23.2 Å². The molecule has 2 aromatic rings. The van der Waals surface area contributed by atoms with Gasteiger partial charge in [0.25, 0.3) is 11.5 Å². The summed E-state index contributed by atoms with van der Waals surface area (Å²) in [7, 11) is 0. The topological polar surface area (TPSA) is 64.0 Å². The van der Waals surface area contributed by atoms with E-state index in [1.54, 1.807) is 6.20 Å². The summed E-state index contributed by atoms with van der Waals surface area (Å²) in [6.45, 7) is 2.36. The molecular formula is C13H11Cl2N3O2. The van der Waals surface area contributed by atoms with Crippen LogP contribution in [-0.2, 0) is 6.54 Å². The number of rotatable bonds is 3. The zero-order valence-corrected chi connectivity index (χ0v) is 12.1. The lowest BCUT2D eigenvalue weighted by atomic mass is 10.3. The fourth-order valence-electron chi connectivity index (χ4n) is 1.59. The number of amides is 1. The minimum Gasteiger partial charge on any atom is -0.319 e. The van der Waals surface area contributed by atoms with Gasteiger partial charge in [-0.25, -0.2) is 4.98 Å². The summed E-state index contributed by atoms with van der Waals surface area (Å²) < 4.78 is 1.48. The van der Waals surface area contributed by atoms with E-state index < -0.39 is 5.91 Å². The Morgan fingerprint density at radius 3 is 2.70 bits per heavy atom. The number of nitrogens with zero attached hydrogens (tertiary/aromatic N) is 2. The Bertz CT molecular complexity index is 713. The zero-order chi connectivity index (χ0) is 14.7. The van der Waals surface area contributed by atoms with Gasteiger partial charge in [0.05, 0.1) is 10.7 Å². The molecule has 0 saturated heterocycles. The van der Waals surface area contributed by atoms with Crippen LogP contribution in [0.4, 0.5) is 5.69 Å². The largest absolute Gasteiger partial charge is 0.319 e. The predicted octanol–water partition coefficient (Wildman–Crippen LogP) is 2.82. The molecule has 0 aliphatic rings. The number of hydrogen-bond acceptors (Lipinski definition) is 3. The van der Waals surface area contributed by atoms with Crippen LogP contribution < -0.4 is 10.9 Å². The highest BCUT2D eigenvalue weighted by atomic mass is 35.5. The van der Waals surface area contributed by atoms with Crippen molar-refractivity contribution < 1.29 is 4.79 Å². The minimum absolute atomic E-state index is 0.0674. The van der Waals surface area contributed by atoms with E-state index in [0.29, 0.717) is 12.2 Å². The van der Waals surface area contributed by atoms with Crippen molar-refractivity contribution >= 4 is 34.8 Å². The number of nitrogens with one attached hydrogen (secondary N) is 1. The van der Waals surface area contributed by atoms with E-state index in [1.165, 1.54) is 28.8 Å². The van der Waals surface area contributed by atoms with Crippen molar-refractivity contribution in [3.05, 3.63) is 56.7 Å². The molecular weight excluding hydrogens is 301 g/mol. The van der Waals surface area contributed by atoms with Crippen LogP contribution in [0.3, 0.4) is 0 Å². The summed E-state index contributed by atoms with van der Waals surface area (Å²) in [5, 5.41) is 2.99. The highest BCUT2D eigenvalue weighted by Gasteiger charge is 2.10. The molecule has 0 aliphatic carbocycles. The smallest absolute Gasteiger partial charge is 0.274 e. The van der Waals surface area contributed by atoms with Crippen molar-refractivity contribution in [2.75, 3.05) is 5.32 Å². The Morgan fingerprint density at radius 2 is 2.05 bits per heavy atom. The number of hydrogen-bond donors (Lipinski definition) is 1. The lowest BCUT2D eigenvalue weighted by molar-refractivity contribution is 0.102. The number of aryl methyl sites for hydroxylation is 1. The Kier molecular flexibility index (Phi) is 4.42. The van der Waals surface area contributed by atoms with E-state index in [2.05, 4.69) is 10.3 Å². The molecule has 0 radical (unpaired) electrons. The van der Waals surface area contributed by atoms with Gasteiger partial charge in [-0.1, -0.05) is 23.2 Å². The van der Waals surface area contributed by atoms with Crippen molar-refractivity contribution in [2.24, 2.45) is 0 Å². The number of halogens is 2. The van der Waals surface area contributed by atoms with Crippen LogP contribution in [0.2, 0.25) is 10.2 Å². The summed E-state index contributed by atoms with van der Waals surface area (Å²) in [6, 6.07) is 5.89. The summed E-state index contributed by atoms with van der Waals surface area (Å²) in [5.74, 6) is -0.426. The first-order valence-corrected chi connectivity index (χ1v) is 6.60. The number of pyridine rings is 2. The number of carbonyl (C=O) groups is 1. The van der Waals surface area contributed by atoms with Crippen molar-refractivity contribution in [1.29, 1.82) is 0 Å². The van der Waals surface area contributed by atoms with E-state index in [0.717, 1.165) is 0 Å². The normalized spacial score (nSPS) is 10.3. The third-order valence-electron chi connectivity index (χ3n) is 2.62. The second kappa shape index (κ2) is 6.07. The SMILES string of the molecule is CCn1cc(NC(=O)c2ccc(Cl)c(Cl)n2)ccc1=O. The molecule has 0 fully saturated rings. The van der Waals surface area contributed by atoms with E-state index >= 15 is 0 Å². The minimum atomic E-state index is -0.426. The first kappa shape index (κ1) is 14.6. The maximum absolute atomic E-state index is 12.0. The fourth-order valence-corrected chi connectivity index (χ4v) is 1.85. The highest BCUT2D eigenvalue weighted by molar-refractivity contribution is 6.41. The van der Waals surface area contributed by atoms with E-state index in [4.69, 9.17) is 23.2 Å². The highest BCUT2D eigenvalue weighted by Crippen LogP contribution is 2.19. The van der Waals surface area contributed by atoms with Gasteiger partial charge in [0.2, 0.25) is 0 Å². The molecule has 2 aromatic heterocycles.